The first-order valence-electron chi connectivity index (χ1n) is 11.4. The molecule has 0 radical (unpaired) electrons. The summed E-state index contributed by atoms with van der Waals surface area (Å²) in [6, 6.07) is 11.7. The van der Waals surface area contributed by atoms with Crippen LogP contribution in [-0.4, -0.2) is 50.0 Å². The summed E-state index contributed by atoms with van der Waals surface area (Å²) < 4.78 is 39.3. The number of halogens is 1. The summed E-state index contributed by atoms with van der Waals surface area (Å²) in [6.45, 7) is 3.23. The standard InChI is InChI=1S/C25H32FN3O4S/c1-18-8-4-5-9-20(18)16-28(19(2)25(31)27-22-10-6-7-11-22)24(30)17-29(34(3,32)33)23-14-12-21(26)13-15-23/h4-5,8-9,12-15,19,22H,6-7,10-11,16-17H2,1-3H3,(H,27,31)/t19-/m0/s1. The highest BCUT2D eigenvalue weighted by Crippen LogP contribution is 2.21. The van der Waals surface area contributed by atoms with E-state index in [0.29, 0.717) is 0 Å². The van der Waals surface area contributed by atoms with Gasteiger partial charge >= 0.3 is 0 Å². The highest BCUT2D eigenvalue weighted by atomic mass is 32.2. The second kappa shape index (κ2) is 11.0. The van der Waals surface area contributed by atoms with Crippen molar-refractivity contribution in [1.82, 2.24) is 10.2 Å². The minimum Gasteiger partial charge on any atom is -0.352 e. The third-order valence-corrected chi connectivity index (χ3v) is 7.41. The molecule has 184 valence electrons. The molecule has 1 aliphatic carbocycles. The second-order valence-electron chi connectivity index (χ2n) is 8.86. The van der Waals surface area contributed by atoms with Crippen molar-refractivity contribution in [3.05, 3.63) is 65.5 Å². The van der Waals surface area contributed by atoms with Gasteiger partial charge in [0.15, 0.2) is 0 Å². The zero-order valence-corrected chi connectivity index (χ0v) is 20.6. The van der Waals surface area contributed by atoms with E-state index in [1.807, 2.05) is 31.2 Å². The predicted molar refractivity (Wildman–Crippen MR) is 130 cm³/mol. The number of sulfonamides is 1. The van der Waals surface area contributed by atoms with E-state index in [-0.39, 0.29) is 24.2 Å². The van der Waals surface area contributed by atoms with Gasteiger partial charge < -0.3 is 10.2 Å². The fraction of sp³-hybridized carbons (Fsp3) is 0.440. The Bertz CT molecular complexity index is 1120. The quantitative estimate of drug-likeness (QED) is 0.585. The molecule has 0 aromatic heterocycles. The lowest BCUT2D eigenvalue weighted by Gasteiger charge is -2.32. The summed E-state index contributed by atoms with van der Waals surface area (Å²) in [5, 5.41) is 3.03. The monoisotopic (exact) mass is 489 g/mol. The van der Waals surface area contributed by atoms with E-state index in [1.165, 1.54) is 17.0 Å². The number of hydrogen-bond donors (Lipinski definition) is 1. The van der Waals surface area contributed by atoms with Crippen molar-refractivity contribution >= 4 is 27.5 Å². The zero-order chi connectivity index (χ0) is 24.9. The average molecular weight is 490 g/mol. The zero-order valence-electron chi connectivity index (χ0n) is 19.8. The number of aryl methyl sites for hydroxylation is 1. The third kappa shape index (κ3) is 6.56. The van der Waals surface area contributed by atoms with Crippen LogP contribution in [0.5, 0.6) is 0 Å². The van der Waals surface area contributed by atoms with Gasteiger partial charge in [0.05, 0.1) is 11.9 Å². The molecule has 2 amide bonds. The number of anilines is 1. The second-order valence-corrected chi connectivity index (χ2v) is 10.8. The van der Waals surface area contributed by atoms with Crippen molar-refractivity contribution < 1.29 is 22.4 Å². The summed E-state index contributed by atoms with van der Waals surface area (Å²) in [5.74, 6) is -1.30. The Kier molecular flexibility index (Phi) is 8.30. The number of benzene rings is 2. The molecule has 1 saturated carbocycles. The first kappa shape index (κ1) is 25.7. The molecule has 9 heteroatoms. The van der Waals surface area contributed by atoms with Crippen molar-refractivity contribution in [1.29, 1.82) is 0 Å². The van der Waals surface area contributed by atoms with Gasteiger partial charge in [-0.05, 0) is 62.1 Å². The molecule has 0 spiro atoms. The average Bonchev–Trinajstić information content (AvgIpc) is 3.29. The molecule has 2 aromatic carbocycles. The van der Waals surface area contributed by atoms with Crippen LogP contribution in [0.3, 0.4) is 0 Å². The number of carbonyl (C=O) groups is 2. The maximum absolute atomic E-state index is 13.5. The van der Waals surface area contributed by atoms with Crippen molar-refractivity contribution in [2.24, 2.45) is 0 Å². The molecule has 3 rings (SSSR count). The number of carbonyl (C=O) groups excluding carboxylic acids is 2. The molecule has 0 bridgehead atoms. The van der Waals surface area contributed by atoms with Crippen LogP contribution < -0.4 is 9.62 Å². The molecule has 0 aliphatic heterocycles. The Morgan fingerprint density at radius 2 is 1.71 bits per heavy atom. The van der Waals surface area contributed by atoms with Crippen LogP contribution in [0.25, 0.3) is 0 Å². The Hall–Kier alpha value is -2.94. The Morgan fingerprint density at radius 1 is 1.09 bits per heavy atom. The molecular weight excluding hydrogens is 457 g/mol. The van der Waals surface area contributed by atoms with Gasteiger partial charge in [-0.1, -0.05) is 37.1 Å². The number of hydrogen-bond acceptors (Lipinski definition) is 4. The van der Waals surface area contributed by atoms with Gasteiger partial charge in [-0.15, -0.1) is 0 Å². The van der Waals surface area contributed by atoms with Crippen molar-refractivity contribution in [3.63, 3.8) is 0 Å². The molecule has 0 heterocycles. The fourth-order valence-corrected chi connectivity index (χ4v) is 5.02. The molecule has 1 atom stereocenters. The SMILES string of the molecule is Cc1ccccc1CN(C(=O)CN(c1ccc(F)cc1)S(C)(=O)=O)[C@@H](C)C(=O)NC1CCCC1. The van der Waals surface area contributed by atoms with Gasteiger partial charge in [0.1, 0.15) is 18.4 Å². The molecule has 2 aromatic rings. The summed E-state index contributed by atoms with van der Waals surface area (Å²) in [7, 11) is -3.84. The van der Waals surface area contributed by atoms with E-state index in [0.717, 1.165) is 59.5 Å². The van der Waals surface area contributed by atoms with Crippen LogP contribution >= 0.6 is 0 Å². The van der Waals surface area contributed by atoms with Crippen LogP contribution in [0.15, 0.2) is 48.5 Å². The summed E-state index contributed by atoms with van der Waals surface area (Å²) in [6.07, 6.45) is 4.94. The van der Waals surface area contributed by atoms with E-state index in [4.69, 9.17) is 0 Å². The van der Waals surface area contributed by atoms with Gasteiger partial charge in [0.2, 0.25) is 21.8 Å². The molecule has 34 heavy (non-hydrogen) atoms. The number of nitrogens with one attached hydrogen (secondary N) is 1. The summed E-state index contributed by atoms with van der Waals surface area (Å²) >= 11 is 0. The normalized spacial score (nSPS) is 15.1. The first-order valence-corrected chi connectivity index (χ1v) is 13.3. The summed E-state index contributed by atoms with van der Waals surface area (Å²) in [5.41, 5.74) is 2.00. The first-order chi connectivity index (χ1) is 16.1. The van der Waals surface area contributed by atoms with E-state index in [9.17, 15) is 22.4 Å². The molecule has 0 unspecified atom stereocenters. The van der Waals surface area contributed by atoms with Gasteiger partial charge in [-0.25, -0.2) is 12.8 Å². The van der Waals surface area contributed by atoms with E-state index in [2.05, 4.69) is 5.32 Å². The number of amides is 2. The smallest absolute Gasteiger partial charge is 0.244 e. The largest absolute Gasteiger partial charge is 0.352 e. The van der Waals surface area contributed by atoms with Gasteiger partial charge in [0.25, 0.3) is 0 Å². The van der Waals surface area contributed by atoms with Crippen LogP contribution in [0.2, 0.25) is 0 Å². The maximum Gasteiger partial charge on any atom is 0.244 e. The molecule has 1 fully saturated rings. The van der Waals surface area contributed by atoms with Gasteiger partial charge in [-0.2, -0.15) is 0 Å². The van der Waals surface area contributed by atoms with Gasteiger partial charge in [-0.3, -0.25) is 13.9 Å². The Morgan fingerprint density at radius 3 is 2.29 bits per heavy atom. The van der Waals surface area contributed by atoms with Crippen LogP contribution in [-0.2, 0) is 26.2 Å². The highest BCUT2D eigenvalue weighted by molar-refractivity contribution is 7.92. The lowest BCUT2D eigenvalue weighted by molar-refractivity contribution is -0.139. The van der Waals surface area contributed by atoms with Crippen molar-refractivity contribution in [2.45, 2.75) is 58.2 Å². The number of nitrogens with zero attached hydrogens (tertiary/aromatic N) is 2. The minimum atomic E-state index is -3.84. The molecule has 7 nitrogen and oxygen atoms in total. The van der Waals surface area contributed by atoms with E-state index in [1.54, 1.807) is 6.92 Å². The van der Waals surface area contributed by atoms with Crippen LogP contribution in [0.4, 0.5) is 10.1 Å². The minimum absolute atomic E-state index is 0.0945. The third-order valence-electron chi connectivity index (χ3n) is 6.26. The molecular formula is C25H32FN3O4S. The Labute approximate surface area is 201 Å². The van der Waals surface area contributed by atoms with E-state index >= 15 is 0 Å². The fourth-order valence-electron chi connectivity index (χ4n) is 4.17. The lowest BCUT2D eigenvalue weighted by Crippen LogP contribution is -2.52. The predicted octanol–water partition coefficient (Wildman–Crippen LogP) is 3.38. The van der Waals surface area contributed by atoms with Gasteiger partial charge in [0, 0.05) is 12.6 Å². The lowest BCUT2D eigenvalue weighted by atomic mass is 10.1. The topological polar surface area (TPSA) is 86.8 Å². The van der Waals surface area contributed by atoms with Crippen LogP contribution in [0.1, 0.15) is 43.7 Å². The number of rotatable bonds is 9. The maximum atomic E-state index is 13.5. The Balaban J connectivity index is 1.88. The van der Waals surface area contributed by atoms with Crippen LogP contribution in [0, 0.1) is 12.7 Å². The summed E-state index contributed by atoms with van der Waals surface area (Å²) in [4.78, 5) is 27.9. The van der Waals surface area contributed by atoms with Crippen molar-refractivity contribution in [2.75, 3.05) is 17.1 Å². The van der Waals surface area contributed by atoms with Crippen molar-refractivity contribution in [3.8, 4) is 0 Å². The van der Waals surface area contributed by atoms with E-state index < -0.39 is 34.3 Å². The highest BCUT2D eigenvalue weighted by Gasteiger charge is 2.31. The molecule has 1 N–H and O–H groups in total. The molecule has 0 saturated heterocycles. The molecule has 1 aliphatic rings.